The first-order chi connectivity index (χ1) is 16.3. The summed E-state index contributed by atoms with van der Waals surface area (Å²) in [6.07, 6.45) is 4.43. The van der Waals surface area contributed by atoms with Crippen LogP contribution < -0.4 is 20.7 Å². The van der Waals surface area contributed by atoms with Crippen molar-refractivity contribution < 1.29 is 4.74 Å². The van der Waals surface area contributed by atoms with Crippen LogP contribution in [0.2, 0.25) is 0 Å². The SMILES string of the molecule is COc1ccc2c(ccn2CCC[P+](c2ccccc2)(c2ccccc2)c2ccccc2)c1. The van der Waals surface area contributed by atoms with Crippen molar-refractivity contribution in [1.82, 2.24) is 4.57 Å². The largest absolute Gasteiger partial charge is 0.497 e. The number of ether oxygens (including phenoxy) is 1. The first-order valence-corrected chi connectivity index (χ1v) is 13.5. The van der Waals surface area contributed by atoms with Crippen LogP contribution in [0.1, 0.15) is 6.42 Å². The molecule has 0 unspecified atom stereocenters. The minimum Gasteiger partial charge on any atom is -0.497 e. The van der Waals surface area contributed by atoms with E-state index >= 15 is 0 Å². The molecule has 0 bridgehead atoms. The Bertz CT molecular complexity index is 1220. The van der Waals surface area contributed by atoms with E-state index in [1.54, 1.807) is 7.11 Å². The molecule has 0 N–H and O–H groups in total. The Labute approximate surface area is 196 Å². The van der Waals surface area contributed by atoms with Crippen LogP contribution in [-0.2, 0) is 6.54 Å². The molecule has 4 aromatic carbocycles. The average Bonchev–Trinajstić information content (AvgIpc) is 3.30. The van der Waals surface area contributed by atoms with Gasteiger partial charge in [0.25, 0.3) is 0 Å². The summed E-state index contributed by atoms with van der Waals surface area (Å²) in [5, 5.41) is 5.57. The Morgan fingerprint density at radius 1 is 0.667 bits per heavy atom. The lowest BCUT2D eigenvalue weighted by atomic mass is 10.2. The molecule has 0 aliphatic heterocycles. The van der Waals surface area contributed by atoms with E-state index in [1.165, 1.54) is 26.8 Å². The molecule has 0 spiro atoms. The van der Waals surface area contributed by atoms with Crippen LogP contribution in [0.25, 0.3) is 10.9 Å². The van der Waals surface area contributed by atoms with Crippen molar-refractivity contribution in [1.29, 1.82) is 0 Å². The van der Waals surface area contributed by atoms with E-state index in [2.05, 4.69) is 120 Å². The third kappa shape index (κ3) is 4.19. The van der Waals surface area contributed by atoms with Gasteiger partial charge in [-0.05, 0) is 60.7 Å². The normalized spacial score (nSPS) is 11.5. The van der Waals surface area contributed by atoms with Crippen molar-refractivity contribution in [2.45, 2.75) is 13.0 Å². The van der Waals surface area contributed by atoms with Gasteiger partial charge >= 0.3 is 0 Å². The van der Waals surface area contributed by atoms with Crippen molar-refractivity contribution >= 4 is 34.1 Å². The molecule has 0 aliphatic rings. The molecule has 1 heterocycles. The summed E-state index contributed by atoms with van der Waals surface area (Å²) in [6, 6.07) is 41.9. The van der Waals surface area contributed by atoms with Crippen LogP contribution in [0.5, 0.6) is 5.75 Å². The smallest absolute Gasteiger partial charge is 0.119 e. The number of hydrogen-bond donors (Lipinski definition) is 0. The molecule has 2 nitrogen and oxygen atoms in total. The third-order valence-electron chi connectivity index (χ3n) is 6.46. The van der Waals surface area contributed by atoms with Crippen molar-refractivity contribution in [2.24, 2.45) is 0 Å². The summed E-state index contributed by atoms with van der Waals surface area (Å²) in [7, 11) is -0.0575. The molecule has 0 amide bonds. The minimum atomic E-state index is -1.78. The highest BCUT2D eigenvalue weighted by molar-refractivity contribution is 7.95. The van der Waals surface area contributed by atoms with E-state index in [9.17, 15) is 0 Å². The molecule has 1 aromatic heterocycles. The van der Waals surface area contributed by atoms with E-state index < -0.39 is 7.26 Å². The van der Waals surface area contributed by atoms with Gasteiger partial charge in [0.2, 0.25) is 0 Å². The fourth-order valence-corrected chi connectivity index (χ4v) is 9.19. The molecule has 0 radical (unpaired) electrons. The van der Waals surface area contributed by atoms with Crippen LogP contribution in [0.15, 0.2) is 121 Å². The lowest BCUT2D eigenvalue weighted by Gasteiger charge is -2.28. The topological polar surface area (TPSA) is 14.2 Å². The molecule has 3 heteroatoms. The quantitative estimate of drug-likeness (QED) is 0.263. The van der Waals surface area contributed by atoms with Crippen LogP contribution in [0.3, 0.4) is 0 Å². The number of benzene rings is 4. The lowest BCUT2D eigenvalue weighted by molar-refractivity contribution is 0.415. The molecule has 164 valence electrons. The predicted octanol–water partition coefficient (Wildman–Crippen LogP) is 6.03. The molecule has 0 saturated heterocycles. The molecular formula is C30H29NOP+. The van der Waals surface area contributed by atoms with Crippen molar-refractivity contribution in [2.75, 3.05) is 13.3 Å². The van der Waals surface area contributed by atoms with Gasteiger partial charge in [0.15, 0.2) is 0 Å². The van der Waals surface area contributed by atoms with Crippen molar-refractivity contribution in [3.63, 3.8) is 0 Å². The number of hydrogen-bond acceptors (Lipinski definition) is 1. The van der Waals surface area contributed by atoms with Gasteiger partial charge in [0.1, 0.15) is 28.9 Å². The number of methoxy groups -OCH3 is 1. The Kier molecular flexibility index (Phi) is 6.28. The Morgan fingerprint density at radius 2 is 1.21 bits per heavy atom. The standard InChI is InChI=1S/C30H29NOP/c1-32-26-18-19-30-25(24-26)20-22-31(30)21-11-23-33(27-12-5-2-6-13-27,28-14-7-3-8-15-28)29-16-9-4-10-17-29/h2-10,12-20,22,24H,11,21,23H2,1H3/q+1. The van der Waals surface area contributed by atoms with E-state index in [0.29, 0.717) is 0 Å². The second-order valence-corrected chi connectivity index (χ2v) is 11.9. The molecule has 0 atom stereocenters. The van der Waals surface area contributed by atoms with Gasteiger partial charge in [-0.15, -0.1) is 0 Å². The highest BCUT2D eigenvalue weighted by atomic mass is 31.2. The Balaban J connectivity index is 1.53. The summed E-state index contributed by atoms with van der Waals surface area (Å²) in [5.74, 6) is 0.905. The van der Waals surface area contributed by atoms with Crippen LogP contribution in [0.4, 0.5) is 0 Å². The van der Waals surface area contributed by atoms with Gasteiger partial charge in [0.05, 0.1) is 13.3 Å². The molecule has 0 fully saturated rings. The number of aromatic nitrogens is 1. The lowest BCUT2D eigenvalue weighted by Crippen LogP contribution is -2.33. The maximum absolute atomic E-state index is 5.40. The summed E-state index contributed by atoms with van der Waals surface area (Å²) >= 11 is 0. The zero-order chi connectivity index (χ0) is 22.5. The van der Waals surface area contributed by atoms with Crippen molar-refractivity contribution in [3.8, 4) is 5.75 Å². The Morgan fingerprint density at radius 3 is 1.73 bits per heavy atom. The number of nitrogens with zero attached hydrogens (tertiary/aromatic N) is 1. The number of aryl methyl sites for hydroxylation is 1. The zero-order valence-corrected chi connectivity index (χ0v) is 19.9. The number of fused-ring (bicyclic) bond motifs is 1. The zero-order valence-electron chi connectivity index (χ0n) is 19.0. The maximum atomic E-state index is 5.40. The van der Waals surface area contributed by atoms with Gasteiger partial charge in [-0.3, -0.25) is 0 Å². The second-order valence-electron chi connectivity index (χ2n) is 8.33. The summed E-state index contributed by atoms with van der Waals surface area (Å²) in [5.41, 5.74) is 1.26. The molecule has 5 aromatic rings. The molecule has 0 aliphatic carbocycles. The summed E-state index contributed by atoms with van der Waals surface area (Å²) < 4.78 is 7.78. The average molecular weight is 451 g/mol. The summed E-state index contributed by atoms with van der Waals surface area (Å²) in [4.78, 5) is 0. The van der Waals surface area contributed by atoms with E-state index in [0.717, 1.165) is 24.9 Å². The van der Waals surface area contributed by atoms with Gasteiger partial charge < -0.3 is 9.30 Å². The van der Waals surface area contributed by atoms with Crippen molar-refractivity contribution in [3.05, 3.63) is 121 Å². The monoisotopic (exact) mass is 450 g/mol. The maximum Gasteiger partial charge on any atom is 0.119 e. The minimum absolute atomic E-state index is 0.905. The van der Waals surface area contributed by atoms with Gasteiger partial charge in [0, 0.05) is 30.1 Å². The first-order valence-electron chi connectivity index (χ1n) is 11.5. The fourth-order valence-electron chi connectivity index (χ4n) is 4.86. The van der Waals surface area contributed by atoms with Crippen LogP contribution in [-0.4, -0.2) is 17.8 Å². The van der Waals surface area contributed by atoms with Gasteiger partial charge in [-0.2, -0.15) is 0 Å². The van der Waals surface area contributed by atoms with E-state index in [1.807, 2.05) is 6.07 Å². The second kappa shape index (κ2) is 9.65. The fraction of sp³-hybridized carbons (Fsp3) is 0.133. The van der Waals surface area contributed by atoms with E-state index in [4.69, 9.17) is 4.74 Å². The van der Waals surface area contributed by atoms with Gasteiger partial charge in [-0.1, -0.05) is 54.6 Å². The summed E-state index contributed by atoms with van der Waals surface area (Å²) in [6.45, 7) is 0.990. The van der Waals surface area contributed by atoms with E-state index in [-0.39, 0.29) is 0 Å². The first kappa shape index (κ1) is 21.5. The molecule has 5 rings (SSSR count). The predicted molar refractivity (Wildman–Crippen MR) is 143 cm³/mol. The Hall–Kier alpha value is -3.35. The molecule has 0 saturated carbocycles. The third-order valence-corrected chi connectivity index (χ3v) is 11.0. The highest BCUT2D eigenvalue weighted by Crippen LogP contribution is 2.55. The van der Waals surface area contributed by atoms with Crippen LogP contribution in [0, 0.1) is 0 Å². The van der Waals surface area contributed by atoms with Crippen LogP contribution >= 0.6 is 7.26 Å². The highest BCUT2D eigenvalue weighted by Gasteiger charge is 2.44. The molecular weight excluding hydrogens is 421 g/mol. The molecule has 33 heavy (non-hydrogen) atoms. The number of rotatable bonds is 8. The van der Waals surface area contributed by atoms with Gasteiger partial charge in [-0.25, -0.2) is 0 Å².